The molecule has 2 rings (SSSR count). The van der Waals surface area contributed by atoms with Gasteiger partial charge in [0, 0.05) is 6.04 Å². The summed E-state index contributed by atoms with van der Waals surface area (Å²) in [7, 11) is 0. The molecule has 0 aromatic carbocycles. The zero-order chi connectivity index (χ0) is 10.2. The highest BCUT2D eigenvalue weighted by molar-refractivity contribution is 5.62. The molecule has 1 aliphatic carbocycles. The highest BCUT2D eigenvalue weighted by Crippen LogP contribution is 2.36. The number of nitrogens with two attached hydrogens (primary N) is 1. The Hall–Kier alpha value is -1.09. The number of hydrogen-bond acceptors (Lipinski definition) is 3. The predicted molar refractivity (Wildman–Crippen MR) is 55.5 cm³/mol. The Morgan fingerprint density at radius 2 is 2.36 bits per heavy atom. The number of rotatable bonds is 1. The van der Waals surface area contributed by atoms with Crippen molar-refractivity contribution in [3.8, 4) is 0 Å². The third-order valence-electron chi connectivity index (χ3n) is 3.07. The monoisotopic (exact) mass is 192 g/mol. The number of nitrogens with zero attached hydrogens (tertiary/aromatic N) is 1. The van der Waals surface area contributed by atoms with Gasteiger partial charge in [-0.1, -0.05) is 19.9 Å². The smallest absolute Gasteiger partial charge is 0.181 e. The van der Waals surface area contributed by atoms with Crippen LogP contribution in [0.4, 0.5) is 0 Å². The third kappa shape index (κ3) is 1.60. The zero-order valence-corrected chi connectivity index (χ0v) is 8.66. The molecule has 0 bridgehead atoms. The van der Waals surface area contributed by atoms with Gasteiger partial charge in [-0.3, -0.25) is 0 Å². The van der Waals surface area contributed by atoms with Crippen LogP contribution in [-0.4, -0.2) is 11.0 Å². The first-order valence-electron chi connectivity index (χ1n) is 4.95. The predicted octanol–water partition coefficient (Wildman–Crippen LogP) is 2.21. The normalized spacial score (nSPS) is 25.9. The van der Waals surface area contributed by atoms with E-state index in [1.165, 1.54) is 12.0 Å². The summed E-state index contributed by atoms with van der Waals surface area (Å²) in [6.07, 6.45) is 7.43. The van der Waals surface area contributed by atoms with Gasteiger partial charge in [0.1, 0.15) is 5.76 Å². The minimum absolute atomic E-state index is 0.108. The van der Waals surface area contributed by atoms with E-state index in [4.69, 9.17) is 10.2 Å². The van der Waals surface area contributed by atoms with Gasteiger partial charge in [-0.05, 0) is 23.8 Å². The summed E-state index contributed by atoms with van der Waals surface area (Å²) in [6.45, 7) is 4.40. The topological polar surface area (TPSA) is 52.0 Å². The van der Waals surface area contributed by atoms with Crippen molar-refractivity contribution in [1.82, 2.24) is 4.98 Å². The minimum atomic E-state index is 0.108. The molecule has 2 N–H and O–H groups in total. The molecule has 1 aromatic rings. The molecular formula is C11H16N2O. The Morgan fingerprint density at radius 3 is 2.93 bits per heavy atom. The first kappa shape index (κ1) is 9.46. The van der Waals surface area contributed by atoms with Crippen molar-refractivity contribution in [2.24, 2.45) is 11.1 Å². The van der Waals surface area contributed by atoms with Crippen molar-refractivity contribution >= 4 is 5.57 Å². The molecule has 1 heterocycles. The summed E-state index contributed by atoms with van der Waals surface area (Å²) in [5.74, 6) is 0.857. The van der Waals surface area contributed by atoms with Crippen molar-refractivity contribution in [2.75, 3.05) is 0 Å². The first-order chi connectivity index (χ1) is 6.59. The molecule has 0 amide bonds. The maximum atomic E-state index is 6.07. The molecule has 0 saturated heterocycles. The highest BCUT2D eigenvalue weighted by atomic mass is 16.3. The van der Waals surface area contributed by atoms with Crippen LogP contribution in [0.1, 0.15) is 32.4 Å². The second-order valence-electron chi connectivity index (χ2n) is 4.57. The second kappa shape index (κ2) is 3.24. The second-order valence-corrected chi connectivity index (χ2v) is 4.57. The molecule has 0 radical (unpaired) electrons. The van der Waals surface area contributed by atoms with Gasteiger partial charge in [0.15, 0.2) is 6.39 Å². The van der Waals surface area contributed by atoms with Crippen LogP contribution in [0.5, 0.6) is 0 Å². The largest absolute Gasteiger partial charge is 0.444 e. The van der Waals surface area contributed by atoms with Gasteiger partial charge in [-0.25, -0.2) is 4.98 Å². The molecule has 1 aromatic heterocycles. The van der Waals surface area contributed by atoms with Gasteiger partial charge < -0.3 is 10.2 Å². The van der Waals surface area contributed by atoms with Gasteiger partial charge in [-0.15, -0.1) is 0 Å². The van der Waals surface area contributed by atoms with Crippen LogP contribution in [-0.2, 0) is 0 Å². The first-order valence-corrected chi connectivity index (χ1v) is 4.95. The standard InChI is InChI=1S/C11H16N2O/c1-11(2)4-3-8(5-10(11)12)9-6-13-7-14-9/h5-7,10H,3-4,12H2,1-2H3. The maximum absolute atomic E-state index is 6.07. The molecule has 1 atom stereocenters. The van der Waals surface area contributed by atoms with Gasteiger partial charge >= 0.3 is 0 Å². The number of oxazole rings is 1. The molecule has 0 spiro atoms. The van der Waals surface area contributed by atoms with E-state index in [1.807, 2.05) is 0 Å². The lowest BCUT2D eigenvalue weighted by atomic mass is 9.74. The van der Waals surface area contributed by atoms with Gasteiger partial charge in [-0.2, -0.15) is 0 Å². The zero-order valence-electron chi connectivity index (χ0n) is 8.66. The summed E-state index contributed by atoms with van der Waals surface area (Å²) >= 11 is 0. The molecule has 3 nitrogen and oxygen atoms in total. The quantitative estimate of drug-likeness (QED) is 0.742. The van der Waals surface area contributed by atoms with Gasteiger partial charge in [0.25, 0.3) is 0 Å². The SMILES string of the molecule is CC1(C)CCC(c2cnco2)=CC1N. The fraction of sp³-hybridized carbons (Fsp3) is 0.545. The number of hydrogen-bond donors (Lipinski definition) is 1. The third-order valence-corrected chi connectivity index (χ3v) is 3.07. The van der Waals surface area contributed by atoms with Crippen LogP contribution in [0.15, 0.2) is 23.1 Å². The fourth-order valence-corrected chi connectivity index (χ4v) is 1.73. The van der Waals surface area contributed by atoms with Crippen LogP contribution >= 0.6 is 0 Å². The Bertz CT molecular complexity index is 338. The lowest BCUT2D eigenvalue weighted by Crippen LogP contribution is -2.38. The fourth-order valence-electron chi connectivity index (χ4n) is 1.73. The average Bonchev–Trinajstić information content (AvgIpc) is 2.62. The van der Waals surface area contributed by atoms with E-state index in [1.54, 1.807) is 6.20 Å². The molecule has 76 valence electrons. The van der Waals surface area contributed by atoms with Crippen LogP contribution in [0.25, 0.3) is 5.57 Å². The van der Waals surface area contributed by atoms with Crippen molar-refractivity contribution in [3.63, 3.8) is 0 Å². The Labute approximate surface area is 84.0 Å². The van der Waals surface area contributed by atoms with E-state index in [-0.39, 0.29) is 11.5 Å². The Balaban J connectivity index is 2.25. The summed E-state index contributed by atoms with van der Waals surface area (Å²) in [5.41, 5.74) is 7.46. The summed E-state index contributed by atoms with van der Waals surface area (Å²) in [4.78, 5) is 3.91. The van der Waals surface area contributed by atoms with Crippen molar-refractivity contribution in [3.05, 3.63) is 24.4 Å². The van der Waals surface area contributed by atoms with Crippen LogP contribution in [0.2, 0.25) is 0 Å². The summed E-state index contributed by atoms with van der Waals surface area (Å²) < 4.78 is 5.25. The van der Waals surface area contributed by atoms with Crippen molar-refractivity contribution in [1.29, 1.82) is 0 Å². The molecule has 0 fully saturated rings. The minimum Gasteiger partial charge on any atom is -0.444 e. The summed E-state index contributed by atoms with van der Waals surface area (Å²) in [5, 5.41) is 0. The van der Waals surface area contributed by atoms with Crippen molar-refractivity contribution in [2.45, 2.75) is 32.7 Å². The van der Waals surface area contributed by atoms with E-state index in [0.717, 1.165) is 18.6 Å². The molecule has 1 unspecified atom stereocenters. The summed E-state index contributed by atoms with van der Waals surface area (Å²) in [6, 6.07) is 0.108. The van der Waals surface area contributed by atoms with Crippen LogP contribution < -0.4 is 5.73 Å². The molecule has 3 heteroatoms. The molecule has 14 heavy (non-hydrogen) atoms. The van der Waals surface area contributed by atoms with E-state index < -0.39 is 0 Å². The highest BCUT2D eigenvalue weighted by Gasteiger charge is 2.29. The van der Waals surface area contributed by atoms with Crippen LogP contribution in [0.3, 0.4) is 0 Å². The Morgan fingerprint density at radius 1 is 1.57 bits per heavy atom. The van der Waals surface area contributed by atoms with Crippen molar-refractivity contribution < 1.29 is 4.42 Å². The van der Waals surface area contributed by atoms with E-state index in [2.05, 4.69) is 24.9 Å². The Kier molecular flexibility index (Phi) is 2.19. The van der Waals surface area contributed by atoms with Gasteiger partial charge in [0.2, 0.25) is 0 Å². The maximum Gasteiger partial charge on any atom is 0.181 e. The average molecular weight is 192 g/mol. The lowest BCUT2D eigenvalue weighted by molar-refractivity contribution is 0.291. The lowest BCUT2D eigenvalue weighted by Gasteiger charge is -2.34. The number of aromatic nitrogens is 1. The number of allylic oxidation sites excluding steroid dienone is 1. The van der Waals surface area contributed by atoms with E-state index >= 15 is 0 Å². The van der Waals surface area contributed by atoms with E-state index in [0.29, 0.717) is 0 Å². The molecule has 0 saturated carbocycles. The van der Waals surface area contributed by atoms with E-state index in [9.17, 15) is 0 Å². The molecule has 1 aliphatic rings. The van der Waals surface area contributed by atoms with Crippen LogP contribution in [0, 0.1) is 5.41 Å². The molecular weight excluding hydrogens is 176 g/mol. The van der Waals surface area contributed by atoms with Gasteiger partial charge in [0.05, 0.1) is 6.20 Å². The molecule has 0 aliphatic heterocycles.